The van der Waals surface area contributed by atoms with E-state index in [1.165, 1.54) is 23.2 Å². The molecule has 0 N–H and O–H groups in total. The van der Waals surface area contributed by atoms with Crippen LogP contribution in [0.2, 0.25) is 0 Å². The second-order valence-electron chi connectivity index (χ2n) is 6.06. The lowest BCUT2D eigenvalue weighted by Crippen LogP contribution is -2.36. The lowest BCUT2D eigenvalue weighted by atomic mass is 10.1. The van der Waals surface area contributed by atoms with Gasteiger partial charge in [0.15, 0.2) is 0 Å². The first-order valence-corrected chi connectivity index (χ1v) is 9.55. The van der Waals surface area contributed by atoms with Crippen LogP contribution in [0.25, 0.3) is 0 Å². The van der Waals surface area contributed by atoms with Crippen molar-refractivity contribution in [2.24, 2.45) is 0 Å². The Balaban J connectivity index is 2.16. The molecule has 1 aliphatic heterocycles. The Hall–Kier alpha value is -2.35. The molecule has 2 heterocycles. The van der Waals surface area contributed by atoms with Crippen molar-refractivity contribution in [2.75, 3.05) is 18.1 Å². The summed E-state index contributed by atoms with van der Waals surface area (Å²) in [5, 5.41) is 0. The first kappa shape index (κ1) is 17.5. The van der Waals surface area contributed by atoms with Gasteiger partial charge in [-0.1, -0.05) is 6.92 Å². The molecule has 0 fully saturated rings. The molecule has 0 spiro atoms. The van der Waals surface area contributed by atoms with E-state index in [1.807, 2.05) is 6.92 Å². The standard InChI is InChI=1S/C17H21N3O4S/c1-5-17-18-12(3)10-20(17)25(22,23)16-9-15-14(8-11(16)2)19(13(4)21)6-7-24-15/h8-10H,5-7H2,1-4H3. The van der Waals surface area contributed by atoms with Gasteiger partial charge < -0.3 is 9.64 Å². The average Bonchev–Trinajstić information content (AvgIpc) is 2.95. The number of imidazole rings is 1. The number of hydrogen-bond acceptors (Lipinski definition) is 5. The van der Waals surface area contributed by atoms with Gasteiger partial charge >= 0.3 is 0 Å². The number of nitrogens with zero attached hydrogens (tertiary/aromatic N) is 3. The van der Waals surface area contributed by atoms with Crippen LogP contribution in [0, 0.1) is 13.8 Å². The predicted molar refractivity (Wildman–Crippen MR) is 93.6 cm³/mol. The van der Waals surface area contributed by atoms with Crippen molar-refractivity contribution in [1.82, 2.24) is 8.96 Å². The number of amides is 1. The maximum absolute atomic E-state index is 13.1. The van der Waals surface area contributed by atoms with Gasteiger partial charge in [0, 0.05) is 25.6 Å². The van der Waals surface area contributed by atoms with Crippen LogP contribution in [0.5, 0.6) is 5.75 Å². The highest BCUT2D eigenvalue weighted by atomic mass is 32.2. The zero-order chi connectivity index (χ0) is 18.4. The van der Waals surface area contributed by atoms with Crippen molar-refractivity contribution in [2.45, 2.75) is 39.0 Å². The molecule has 3 rings (SSSR count). The Morgan fingerprint density at radius 1 is 1.32 bits per heavy atom. The molecule has 1 aromatic carbocycles. The van der Waals surface area contributed by atoms with Crippen molar-refractivity contribution in [3.8, 4) is 5.75 Å². The van der Waals surface area contributed by atoms with Gasteiger partial charge in [-0.2, -0.15) is 0 Å². The summed E-state index contributed by atoms with van der Waals surface area (Å²) in [7, 11) is -3.79. The van der Waals surface area contributed by atoms with Gasteiger partial charge in [-0.3, -0.25) is 4.79 Å². The number of hydrogen-bond donors (Lipinski definition) is 0. The maximum Gasteiger partial charge on any atom is 0.269 e. The third kappa shape index (κ3) is 2.90. The summed E-state index contributed by atoms with van der Waals surface area (Å²) in [6.07, 6.45) is 2.03. The first-order chi connectivity index (χ1) is 11.8. The molecule has 0 bridgehead atoms. The molecule has 0 saturated heterocycles. The highest BCUT2D eigenvalue weighted by Gasteiger charge is 2.28. The molecule has 7 nitrogen and oxygen atoms in total. The van der Waals surface area contributed by atoms with Crippen LogP contribution >= 0.6 is 0 Å². The Morgan fingerprint density at radius 3 is 2.68 bits per heavy atom. The largest absolute Gasteiger partial charge is 0.489 e. The van der Waals surface area contributed by atoms with E-state index in [0.717, 1.165) is 0 Å². The number of carbonyl (C=O) groups excluding carboxylic acids is 1. The summed E-state index contributed by atoms with van der Waals surface area (Å²) in [5.41, 5.74) is 1.81. The van der Waals surface area contributed by atoms with Crippen molar-refractivity contribution >= 4 is 21.6 Å². The first-order valence-electron chi connectivity index (χ1n) is 8.11. The molecule has 0 radical (unpaired) electrons. The van der Waals surface area contributed by atoms with E-state index >= 15 is 0 Å². The van der Waals surface area contributed by atoms with Gasteiger partial charge in [-0.05, 0) is 25.5 Å². The van der Waals surface area contributed by atoms with Crippen LogP contribution in [0.3, 0.4) is 0 Å². The van der Waals surface area contributed by atoms with Crippen molar-refractivity contribution in [3.05, 3.63) is 35.4 Å². The highest BCUT2D eigenvalue weighted by molar-refractivity contribution is 7.90. The second kappa shape index (κ2) is 6.18. The number of rotatable bonds is 3. The van der Waals surface area contributed by atoms with Crippen LogP contribution in [0.15, 0.2) is 23.2 Å². The van der Waals surface area contributed by atoms with Gasteiger partial charge in [-0.15, -0.1) is 0 Å². The molecular formula is C17H21N3O4S. The predicted octanol–water partition coefficient (Wildman–Crippen LogP) is 2.04. The smallest absolute Gasteiger partial charge is 0.269 e. The number of benzene rings is 1. The van der Waals surface area contributed by atoms with E-state index in [4.69, 9.17) is 4.74 Å². The second-order valence-corrected chi connectivity index (χ2v) is 7.84. The SMILES string of the molecule is CCc1nc(C)cn1S(=O)(=O)c1cc2c(cc1C)N(C(C)=O)CCO2. The molecule has 0 saturated carbocycles. The molecule has 1 aliphatic rings. The van der Waals surface area contributed by atoms with Gasteiger partial charge in [0.2, 0.25) is 5.91 Å². The van der Waals surface area contributed by atoms with Crippen LogP contribution in [0.4, 0.5) is 5.69 Å². The molecule has 2 aromatic rings. The summed E-state index contributed by atoms with van der Waals surface area (Å²) in [5.74, 6) is 0.791. The lowest BCUT2D eigenvalue weighted by molar-refractivity contribution is -0.116. The van der Waals surface area contributed by atoms with Crippen LogP contribution in [-0.2, 0) is 21.2 Å². The van der Waals surface area contributed by atoms with Crippen LogP contribution < -0.4 is 9.64 Å². The Morgan fingerprint density at radius 2 is 2.04 bits per heavy atom. The number of ether oxygens (including phenoxy) is 1. The summed E-state index contributed by atoms with van der Waals surface area (Å²) in [4.78, 5) is 17.8. The minimum atomic E-state index is -3.79. The Bertz CT molecular complexity index is 947. The fourth-order valence-corrected chi connectivity index (χ4v) is 4.70. The minimum Gasteiger partial charge on any atom is -0.489 e. The number of carbonyl (C=O) groups is 1. The van der Waals surface area contributed by atoms with Gasteiger partial charge in [-0.25, -0.2) is 17.4 Å². The lowest BCUT2D eigenvalue weighted by Gasteiger charge is -2.29. The Kier molecular flexibility index (Phi) is 4.32. The monoisotopic (exact) mass is 363 g/mol. The molecule has 0 atom stereocenters. The summed E-state index contributed by atoms with van der Waals surface area (Å²) < 4.78 is 33.1. The summed E-state index contributed by atoms with van der Waals surface area (Å²) in [6, 6.07) is 3.20. The highest BCUT2D eigenvalue weighted by Crippen LogP contribution is 2.36. The van der Waals surface area contributed by atoms with E-state index in [0.29, 0.717) is 48.1 Å². The summed E-state index contributed by atoms with van der Waals surface area (Å²) in [6.45, 7) is 7.61. The number of aromatic nitrogens is 2. The van der Waals surface area contributed by atoms with E-state index in [9.17, 15) is 13.2 Å². The van der Waals surface area contributed by atoms with Gasteiger partial charge in [0.05, 0.1) is 22.8 Å². The van der Waals surface area contributed by atoms with Crippen LogP contribution in [0.1, 0.15) is 30.9 Å². The van der Waals surface area contributed by atoms with E-state index < -0.39 is 10.0 Å². The van der Waals surface area contributed by atoms with Crippen molar-refractivity contribution in [1.29, 1.82) is 0 Å². The molecular weight excluding hydrogens is 342 g/mol. The fourth-order valence-electron chi connectivity index (χ4n) is 3.03. The van der Waals surface area contributed by atoms with E-state index in [1.54, 1.807) is 24.8 Å². The zero-order valence-corrected chi connectivity index (χ0v) is 15.6. The maximum atomic E-state index is 13.1. The van der Waals surface area contributed by atoms with E-state index in [-0.39, 0.29) is 10.8 Å². The van der Waals surface area contributed by atoms with Crippen molar-refractivity contribution < 1.29 is 17.9 Å². The van der Waals surface area contributed by atoms with Crippen molar-refractivity contribution in [3.63, 3.8) is 0 Å². The molecule has 0 aliphatic carbocycles. The quantitative estimate of drug-likeness (QED) is 0.834. The molecule has 134 valence electrons. The minimum absolute atomic E-state index is 0.0990. The molecule has 1 aromatic heterocycles. The fraction of sp³-hybridized carbons (Fsp3) is 0.412. The zero-order valence-electron chi connectivity index (χ0n) is 14.7. The topological polar surface area (TPSA) is 81.5 Å². The Labute approximate surface area is 147 Å². The number of anilines is 1. The molecule has 8 heteroatoms. The average molecular weight is 363 g/mol. The normalized spacial score (nSPS) is 14.2. The van der Waals surface area contributed by atoms with Gasteiger partial charge in [0.1, 0.15) is 18.2 Å². The van der Waals surface area contributed by atoms with E-state index in [2.05, 4.69) is 4.98 Å². The molecule has 0 unspecified atom stereocenters. The number of aryl methyl sites for hydroxylation is 3. The number of fused-ring (bicyclic) bond motifs is 1. The third-order valence-electron chi connectivity index (χ3n) is 4.22. The summed E-state index contributed by atoms with van der Waals surface area (Å²) >= 11 is 0. The molecule has 1 amide bonds. The van der Waals surface area contributed by atoms with Gasteiger partial charge in [0.25, 0.3) is 10.0 Å². The molecule has 25 heavy (non-hydrogen) atoms. The van der Waals surface area contributed by atoms with Crippen LogP contribution in [-0.4, -0.2) is 36.4 Å². The third-order valence-corrected chi connectivity index (χ3v) is 6.05.